The van der Waals surface area contributed by atoms with Crippen LogP contribution in [0.4, 0.5) is 5.13 Å². The van der Waals surface area contributed by atoms with Crippen molar-refractivity contribution in [2.75, 3.05) is 11.9 Å². The van der Waals surface area contributed by atoms with E-state index in [9.17, 15) is 9.59 Å². The summed E-state index contributed by atoms with van der Waals surface area (Å²) in [5, 5.41) is 8.26. The molecule has 0 aliphatic carbocycles. The Bertz CT molecular complexity index is 769. The lowest BCUT2D eigenvalue weighted by atomic mass is 9.93. The number of rotatable bonds is 4. The van der Waals surface area contributed by atoms with Gasteiger partial charge in [-0.05, 0) is 18.2 Å². The second kappa shape index (κ2) is 7.51. The molecule has 24 heavy (non-hydrogen) atoms. The number of halogens is 2. The normalized spacial score (nSPS) is 11.2. The van der Waals surface area contributed by atoms with Gasteiger partial charge in [-0.15, -0.1) is 11.3 Å². The lowest BCUT2D eigenvalue weighted by Gasteiger charge is -2.14. The predicted molar refractivity (Wildman–Crippen MR) is 98.2 cm³/mol. The van der Waals surface area contributed by atoms with E-state index in [1.54, 1.807) is 6.07 Å². The Morgan fingerprint density at radius 2 is 1.96 bits per heavy atom. The van der Waals surface area contributed by atoms with E-state index in [1.165, 1.54) is 23.5 Å². The number of nitrogens with one attached hydrogen (secondary N) is 2. The van der Waals surface area contributed by atoms with Crippen molar-refractivity contribution in [3.63, 3.8) is 0 Å². The molecule has 1 aromatic heterocycles. The van der Waals surface area contributed by atoms with Crippen LogP contribution in [0.25, 0.3) is 0 Å². The second-order valence-corrected chi connectivity index (χ2v) is 7.84. The van der Waals surface area contributed by atoms with Crippen molar-refractivity contribution in [1.82, 2.24) is 10.3 Å². The molecule has 2 rings (SSSR count). The molecular weight excluding hydrogens is 369 g/mol. The number of nitrogens with zero attached hydrogens (tertiary/aromatic N) is 1. The zero-order valence-corrected chi connectivity index (χ0v) is 15.8. The Morgan fingerprint density at radius 1 is 1.25 bits per heavy atom. The van der Waals surface area contributed by atoms with Gasteiger partial charge in [0.1, 0.15) is 0 Å². The van der Waals surface area contributed by atoms with Gasteiger partial charge in [0.05, 0.1) is 22.8 Å². The fraction of sp³-hybridized carbons (Fsp3) is 0.312. The van der Waals surface area contributed by atoms with E-state index in [0.29, 0.717) is 10.2 Å². The topological polar surface area (TPSA) is 71.1 Å². The molecule has 1 aromatic carbocycles. The molecule has 0 bridgehead atoms. The maximum absolute atomic E-state index is 12.0. The van der Waals surface area contributed by atoms with Crippen LogP contribution < -0.4 is 10.6 Å². The standard InChI is InChI=1S/C16H17Cl2N3O2S/c1-16(2,3)12-8-24-15(20-12)21-13(22)7-19-14(23)10-5-4-9(17)6-11(10)18/h4-6,8H,7H2,1-3H3,(H,19,23)(H,20,21,22). The molecule has 0 aliphatic rings. The summed E-state index contributed by atoms with van der Waals surface area (Å²) in [5.41, 5.74) is 1.08. The van der Waals surface area contributed by atoms with Crippen molar-refractivity contribution in [1.29, 1.82) is 0 Å². The summed E-state index contributed by atoms with van der Waals surface area (Å²) in [6.07, 6.45) is 0. The number of carbonyl (C=O) groups is 2. The number of benzene rings is 1. The van der Waals surface area contributed by atoms with E-state index in [4.69, 9.17) is 23.2 Å². The van der Waals surface area contributed by atoms with E-state index in [-0.39, 0.29) is 28.5 Å². The lowest BCUT2D eigenvalue weighted by molar-refractivity contribution is -0.115. The van der Waals surface area contributed by atoms with Gasteiger partial charge in [0, 0.05) is 15.8 Å². The molecule has 8 heteroatoms. The highest BCUT2D eigenvalue weighted by Gasteiger charge is 2.18. The van der Waals surface area contributed by atoms with E-state index >= 15 is 0 Å². The minimum Gasteiger partial charge on any atom is -0.343 e. The molecule has 1 heterocycles. The van der Waals surface area contributed by atoms with Gasteiger partial charge in [0.2, 0.25) is 5.91 Å². The van der Waals surface area contributed by atoms with Crippen molar-refractivity contribution in [3.05, 3.63) is 44.9 Å². The highest BCUT2D eigenvalue weighted by Crippen LogP contribution is 2.26. The van der Waals surface area contributed by atoms with Crippen LogP contribution in [0.15, 0.2) is 23.6 Å². The number of hydrogen-bond acceptors (Lipinski definition) is 4. The third-order valence-electron chi connectivity index (χ3n) is 3.10. The fourth-order valence-corrected chi connectivity index (χ4v) is 3.22. The molecule has 2 amide bonds. The van der Waals surface area contributed by atoms with E-state index < -0.39 is 5.91 Å². The monoisotopic (exact) mass is 385 g/mol. The molecule has 0 saturated heterocycles. The SMILES string of the molecule is CC(C)(C)c1csc(NC(=O)CNC(=O)c2ccc(Cl)cc2Cl)n1. The van der Waals surface area contributed by atoms with E-state index in [0.717, 1.165) is 5.69 Å². The van der Waals surface area contributed by atoms with Crippen molar-refractivity contribution >= 4 is 51.5 Å². The largest absolute Gasteiger partial charge is 0.343 e. The zero-order valence-electron chi connectivity index (χ0n) is 13.4. The van der Waals surface area contributed by atoms with Crippen LogP contribution in [0.1, 0.15) is 36.8 Å². The van der Waals surface area contributed by atoms with Gasteiger partial charge in [0.25, 0.3) is 5.91 Å². The van der Waals surface area contributed by atoms with Crippen molar-refractivity contribution in [2.24, 2.45) is 0 Å². The average molecular weight is 386 g/mol. The Labute approximate surface area is 154 Å². The smallest absolute Gasteiger partial charge is 0.253 e. The van der Waals surface area contributed by atoms with Crippen LogP contribution >= 0.6 is 34.5 Å². The van der Waals surface area contributed by atoms with Crippen LogP contribution in [0.3, 0.4) is 0 Å². The van der Waals surface area contributed by atoms with Crippen LogP contribution in [-0.4, -0.2) is 23.3 Å². The number of hydrogen-bond donors (Lipinski definition) is 2. The summed E-state index contributed by atoms with van der Waals surface area (Å²) in [6, 6.07) is 4.54. The Kier molecular flexibility index (Phi) is 5.85. The molecule has 2 N–H and O–H groups in total. The lowest BCUT2D eigenvalue weighted by Crippen LogP contribution is -2.33. The zero-order chi connectivity index (χ0) is 17.9. The number of aromatic nitrogens is 1. The van der Waals surface area contributed by atoms with Crippen LogP contribution in [0, 0.1) is 0 Å². The molecule has 2 aromatic rings. The first-order valence-corrected chi connectivity index (χ1v) is 8.79. The number of anilines is 1. The first kappa shape index (κ1) is 18.7. The van der Waals surface area contributed by atoms with Gasteiger partial charge in [-0.25, -0.2) is 4.98 Å². The van der Waals surface area contributed by atoms with Gasteiger partial charge in [-0.3, -0.25) is 9.59 Å². The molecule has 128 valence electrons. The highest BCUT2D eigenvalue weighted by atomic mass is 35.5. The minimum atomic E-state index is -0.443. The Hall–Kier alpha value is -1.63. The molecule has 0 aliphatic heterocycles. The van der Waals surface area contributed by atoms with Crippen molar-refractivity contribution in [2.45, 2.75) is 26.2 Å². The van der Waals surface area contributed by atoms with Crippen molar-refractivity contribution < 1.29 is 9.59 Å². The van der Waals surface area contributed by atoms with Crippen LogP contribution in [-0.2, 0) is 10.2 Å². The first-order chi connectivity index (χ1) is 11.2. The molecule has 0 saturated carbocycles. The summed E-state index contributed by atoms with van der Waals surface area (Å²) in [4.78, 5) is 28.3. The van der Waals surface area contributed by atoms with Gasteiger partial charge in [-0.1, -0.05) is 44.0 Å². The Balaban J connectivity index is 1.91. The highest BCUT2D eigenvalue weighted by molar-refractivity contribution is 7.13. The van der Waals surface area contributed by atoms with Gasteiger partial charge >= 0.3 is 0 Å². The summed E-state index contributed by atoms with van der Waals surface area (Å²) in [6.45, 7) is 5.96. The fourth-order valence-electron chi connectivity index (χ4n) is 1.77. The first-order valence-electron chi connectivity index (χ1n) is 7.16. The van der Waals surface area contributed by atoms with E-state index in [2.05, 4.69) is 15.6 Å². The van der Waals surface area contributed by atoms with E-state index in [1.807, 2.05) is 26.2 Å². The predicted octanol–water partition coefficient (Wildman–Crippen LogP) is 4.12. The summed E-state index contributed by atoms with van der Waals surface area (Å²) >= 11 is 13.1. The number of thiazole rings is 1. The average Bonchev–Trinajstić information content (AvgIpc) is 2.93. The molecule has 5 nitrogen and oxygen atoms in total. The molecule has 0 atom stereocenters. The van der Waals surface area contributed by atoms with Gasteiger partial charge in [0.15, 0.2) is 5.13 Å². The maximum Gasteiger partial charge on any atom is 0.253 e. The van der Waals surface area contributed by atoms with Gasteiger partial charge in [-0.2, -0.15) is 0 Å². The molecule has 0 unspecified atom stereocenters. The summed E-state index contributed by atoms with van der Waals surface area (Å²) in [7, 11) is 0. The number of carbonyl (C=O) groups excluding carboxylic acids is 2. The summed E-state index contributed by atoms with van der Waals surface area (Å²) in [5.74, 6) is -0.801. The molecule has 0 spiro atoms. The maximum atomic E-state index is 12.0. The third kappa shape index (κ3) is 4.93. The molecular formula is C16H17Cl2N3O2S. The minimum absolute atomic E-state index is 0.0843. The molecule has 0 radical (unpaired) electrons. The van der Waals surface area contributed by atoms with Crippen LogP contribution in [0.5, 0.6) is 0 Å². The van der Waals surface area contributed by atoms with Gasteiger partial charge < -0.3 is 10.6 Å². The summed E-state index contributed by atoms with van der Waals surface area (Å²) < 4.78 is 0. The second-order valence-electron chi connectivity index (χ2n) is 6.14. The van der Waals surface area contributed by atoms with Crippen LogP contribution in [0.2, 0.25) is 10.0 Å². The Morgan fingerprint density at radius 3 is 2.54 bits per heavy atom. The third-order valence-corrected chi connectivity index (χ3v) is 4.41. The number of amides is 2. The van der Waals surface area contributed by atoms with Crippen molar-refractivity contribution in [3.8, 4) is 0 Å². The molecule has 0 fully saturated rings. The quantitative estimate of drug-likeness (QED) is 0.831.